The summed E-state index contributed by atoms with van der Waals surface area (Å²) in [7, 11) is 1.68. The molecular weight excluding hydrogens is 224 g/mol. The summed E-state index contributed by atoms with van der Waals surface area (Å²) in [4.78, 5) is 4.47. The molecule has 0 unspecified atom stereocenters. The number of pyridine rings is 1. The third-order valence-electron chi connectivity index (χ3n) is 3.06. The quantitative estimate of drug-likeness (QED) is 0.899. The second-order valence-electron chi connectivity index (χ2n) is 5.33. The highest BCUT2D eigenvalue weighted by atomic mass is 16.5. The van der Waals surface area contributed by atoms with Crippen molar-refractivity contribution < 1.29 is 4.74 Å². The maximum absolute atomic E-state index is 6.03. The van der Waals surface area contributed by atoms with E-state index in [-0.39, 0.29) is 5.54 Å². The van der Waals surface area contributed by atoms with Crippen molar-refractivity contribution in [3.63, 3.8) is 0 Å². The molecule has 0 amide bonds. The second kappa shape index (κ2) is 4.94. The van der Waals surface area contributed by atoms with Crippen LogP contribution in [0.1, 0.15) is 26.0 Å². The van der Waals surface area contributed by atoms with E-state index < -0.39 is 0 Å². The van der Waals surface area contributed by atoms with Gasteiger partial charge in [-0.2, -0.15) is 0 Å². The van der Waals surface area contributed by atoms with Crippen molar-refractivity contribution in [2.24, 2.45) is 5.73 Å². The van der Waals surface area contributed by atoms with Crippen LogP contribution in [0, 0.1) is 0 Å². The van der Waals surface area contributed by atoms with Gasteiger partial charge in [0.05, 0.1) is 7.11 Å². The van der Waals surface area contributed by atoms with Crippen LogP contribution in [0.15, 0.2) is 30.5 Å². The topological polar surface area (TPSA) is 48.1 Å². The van der Waals surface area contributed by atoms with Crippen LogP contribution in [0.4, 0.5) is 0 Å². The van der Waals surface area contributed by atoms with Gasteiger partial charge in [-0.05, 0) is 50.3 Å². The first-order valence-corrected chi connectivity index (χ1v) is 6.20. The maximum atomic E-state index is 6.03. The molecule has 1 aromatic carbocycles. The van der Waals surface area contributed by atoms with E-state index in [9.17, 15) is 0 Å². The molecule has 1 aromatic heterocycles. The Balaban J connectivity index is 2.37. The number of nitrogens with zero attached hydrogens (tertiary/aromatic N) is 1. The smallest absolute Gasteiger partial charge is 0.119 e. The summed E-state index contributed by atoms with van der Waals surface area (Å²) in [5, 5.41) is 2.34. The average molecular weight is 244 g/mol. The summed E-state index contributed by atoms with van der Waals surface area (Å²) < 4.78 is 5.27. The van der Waals surface area contributed by atoms with E-state index in [0.29, 0.717) is 0 Å². The highest BCUT2D eigenvalue weighted by Gasteiger charge is 2.12. The molecule has 0 aliphatic carbocycles. The maximum Gasteiger partial charge on any atom is 0.119 e. The molecule has 0 saturated heterocycles. The van der Waals surface area contributed by atoms with E-state index in [0.717, 1.165) is 29.7 Å². The van der Waals surface area contributed by atoms with Gasteiger partial charge >= 0.3 is 0 Å². The standard InChI is InChI=1S/C15H20N2O/c1-15(2,16)8-6-14-13-10-12(18-3)5-4-11(13)7-9-17-14/h4-5,7,9-10H,6,8,16H2,1-3H3. The largest absolute Gasteiger partial charge is 0.497 e. The lowest BCUT2D eigenvalue weighted by Gasteiger charge is -2.18. The minimum Gasteiger partial charge on any atom is -0.497 e. The second-order valence-corrected chi connectivity index (χ2v) is 5.33. The average Bonchev–Trinajstić information content (AvgIpc) is 2.34. The fourth-order valence-corrected chi connectivity index (χ4v) is 1.97. The Morgan fingerprint density at radius 1 is 1.28 bits per heavy atom. The van der Waals surface area contributed by atoms with Crippen LogP contribution >= 0.6 is 0 Å². The van der Waals surface area contributed by atoms with Crippen LogP contribution in [0.25, 0.3) is 10.8 Å². The number of hydrogen-bond donors (Lipinski definition) is 1. The van der Waals surface area contributed by atoms with Gasteiger partial charge in [-0.1, -0.05) is 6.07 Å². The zero-order chi connectivity index (χ0) is 13.2. The summed E-state index contributed by atoms with van der Waals surface area (Å²) in [5.41, 5.74) is 6.95. The molecule has 0 aliphatic rings. The molecule has 18 heavy (non-hydrogen) atoms. The molecule has 1 heterocycles. The number of hydrogen-bond acceptors (Lipinski definition) is 3. The third kappa shape index (κ3) is 2.99. The van der Waals surface area contributed by atoms with Gasteiger partial charge in [0.1, 0.15) is 5.75 Å². The highest BCUT2D eigenvalue weighted by Crippen LogP contribution is 2.24. The fraction of sp³-hybridized carbons (Fsp3) is 0.400. The molecule has 3 nitrogen and oxygen atoms in total. The number of ether oxygens (including phenoxy) is 1. The van der Waals surface area contributed by atoms with E-state index in [1.54, 1.807) is 7.11 Å². The first kappa shape index (κ1) is 12.8. The molecule has 0 spiro atoms. The number of methoxy groups -OCH3 is 1. The molecule has 2 aromatic rings. The van der Waals surface area contributed by atoms with Gasteiger partial charge in [0.25, 0.3) is 0 Å². The van der Waals surface area contributed by atoms with E-state index >= 15 is 0 Å². The minimum absolute atomic E-state index is 0.164. The summed E-state index contributed by atoms with van der Waals surface area (Å²) >= 11 is 0. The van der Waals surface area contributed by atoms with Gasteiger partial charge in [-0.15, -0.1) is 0 Å². The van der Waals surface area contributed by atoms with Crippen LogP contribution < -0.4 is 10.5 Å². The van der Waals surface area contributed by atoms with E-state index in [2.05, 4.69) is 11.1 Å². The van der Waals surface area contributed by atoms with Gasteiger partial charge in [0.2, 0.25) is 0 Å². The molecule has 0 atom stereocenters. The summed E-state index contributed by atoms with van der Waals surface area (Å²) in [5.74, 6) is 0.865. The minimum atomic E-state index is -0.164. The number of benzene rings is 1. The van der Waals surface area contributed by atoms with Gasteiger partial charge in [0, 0.05) is 22.8 Å². The molecule has 0 bridgehead atoms. The Morgan fingerprint density at radius 2 is 2.06 bits per heavy atom. The normalized spacial score (nSPS) is 11.8. The third-order valence-corrected chi connectivity index (χ3v) is 3.06. The summed E-state index contributed by atoms with van der Waals surface area (Å²) in [6.07, 6.45) is 3.65. The number of nitrogens with two attached hydrogens (primary N) is 1. The Bertz CT molecular complexity index is 544. The molecule has 96 valence electrons. The SMILES string of the molecule is COc1ccc2ccnc(CCC(C)(C)N)c2c1. The lowest BCUT2D eigenvalue weighted by atomic mass is 9.97. The highest BCUT2D eigenvalue weighted by molar-refractivity contribution is 5.85. The summed E-state index contributed by atoms with van der Waals surface area (Å²) in [6, 6.07) is 8.10. The van der Waals surface area contributed by atoms with Crippen molar-refractivity contribution in [1.29, 1.82) is 0 Å². The van der Waals surface area contributed by atoms with Gasteiger partial charge in [-0.3, -0.25) is 4.98 Å². The zero-order valence-corrected chi connectivity index (χ0v) is 11.2. The predicted octanol–water partition coefficient (Wildman–Crippen LogP) is 2.91. The van der Waals surface area contributed by atoms with Crippen molar-refractivity contribution >= 4 is 10.8 Å². The Morgan fingerprint density at radius 3 is 2.72 bits per heavy atom. The number of rotatable bonds is 4. The number of fused-ring (bicyclic) bond motifs is 1. The molecule has 3 heteroatoms. The number of aromatic nitrogens is 1. The Labute approximate surface area is 108 Å². The van der Waals surface area contributed by atoms with E-state index in [4.69, 9.17) is 10.5 Å². The van der Waals surface area contributed by atoms with Crippen molar-refractivity contribution in [3.8, 4) is 5.75 Å². The van der Waals surface area contributed by atoms with Crippen LogP contribution in [-0.4, -0.2) is 17.6 Å². The lowest BCUT2D eigenvalue weighted by Crippen LogP contribution is -2.32. The first-order valence-electron chi connectivity index (χ1n) is 6.20. The van der Waals surface area contributed by atoms with Gasteiger partial charge in [0.15, 0.2) is 0 Å². The van der Waals surface area contributed by atoms with Crippen molar-refractivity contribution in [3.05, 3.63) is 36.2 Å². The molecule has 2 N–H and O–H groups in total. The Kier molecular flexibility index (Phi) is 3.53. The number of aryl methyl sites for hydroxylation is 1. The Hall–Kier alpha value is -1.61. The van der Waals surface area contributed by atoms with Crippen molar-refractivity contribution in [2.75, 3.05) is 7.11 Å². The molecule has 0 saturated carbocycles. The monoisotopic (exact) mass is 244 g/mol. The molecular formula is C15H20N2O. The van der Waals surface area contributed by atoms with Crippen molar-refractivity contribution in [1.82, 2.24) is 4.98 Å². The molecule has 0 fully saturated rings. The molecule has 2 rings (SSSR count). The van der Waals surface area contributed by atoms with Crippen molar-refractivity contribution in [2.45, 2.75) is 32.2 Å². The lowest BCUT2D eigenvalue weighted by molar-refractivity contribution is 0.415. The van der Waals surface area contributed by atoms with E-state index in [1.807, 2.05) is 38.2 Å². The van der Waals surface area contributed by atoms with Crippen LogP contribution in [0.5, 0.6) is 5.75 Å². The summed E-state index contributed by atoms with van der Waals surface area (Å²) in [6.45, 7) is 4.08. The predicted molar refractivity (Wildman–Crippen MR) is 74.9 cm³/mol. The fourth-order valence-electron chi connectivity index (χ4n) is 1.97. The van der Waals surface area contributed by atoms with Crippen LogP contribution in [0.2, 0.25) is 0 Å². The molecule has 0 aliphatic heterocycles. The van der Waals surface area contributed by atoms with Crippen LogP contribution in [0.3, 0.4) is 0 Å². The van der Waals surface area contributed by atoms with Gasteiger partial charge in [-0.25, -0.2) is 0 Å². The van der Waals surface area contributed by atoms with E-state index in [1.165, 1.54) is 5.39 Å². The zero-order valence-electron chi connectivity index (χ0n) is 11.2. The molecule has 0 radical (unpaired) electrons. The van der Waals surface area contributed by atoms with Crippen LogP contribution in [-0.2, 0) is 6.42 Å². The van der Waals surface area contributed by atoms with Gasteiger partial charge < -0.3 is 10.5 Å². The first-order chi connectivity index (χ1) is 8.49.